The van der Waals surface area contributed by atoms with Gasteiger partial charge in [-0.3, -0.25) is 14.9 Å². The van der Waals surface area contributed by atoms with E-state index in [-0.39, 0.29) is 5.57 Å². The number of hydrogen-bond acceptors (Lipinski definition) is 3. The van der Waals surface area contributed by atoms with Crippen LogP contribution in [0.3, 0.4) is 0 Å². The average Bonchev–Trinajstić information content (AvgIpc) is 3.19. The highest BCUT2D eigenvalue weighted by Crippen LogP contribution is 2.29. The molecule has 1 aliphatic heterocycles. The number of rotatable bonds is 5. The number of barbiturate groups is 1. The fraction of sp³-hybridized carbons (Fsp3) is 0.138. The lowest BCUT2D eigenvalue weighted by atomic mass is 10.0. The van der Waals surface area contributed by atoms with Crippen LogP contribution >= 0.6 is 0 Å². The molecule has 35 heavy (non-hydrogen) atoms. The van der Waals surface area contributed by atoms with Crippen molar-refractivity contribution in [1.29, 1.82) is 0 Å². The summed E-state index contributed by atoms with van der Waals surface area (Å²) in [6, 6.07) is 22.7. The number of aromatic nitrogens is 1. The number of carbonyl (C=O) groups excluding carboxylic acids is 3. The van der Waals surface area contributed by atoms with Crippen molar-refractivity contribution in [2.24, 2.45) is 0 Å². The van der Waals surface area contributed by atoms with E-state index in [0.29, 0.717) is 18.7 Å². The van der Waals surface area contributed by atoms with Gasteiger partial charge in [0, 0.05) is 29.2 Å². The highest BCUT2D eigenvalue weighted by Gasteiger charge is 2.37. The molecule has 1 saturated heterocycles. The van der Waals surface area contributed by atoms with Crippen LogP contribution in [0.25, 0.3) is 17.0 Å². The molecule has 174 valence electrons. The Hall–Kier alpha value is -4.45. The maximum Gasteiger partial charge on any atom is 0.335 e. The van der Waals surface area contributed by atoms with E-state index < -0.39 is 17.8 Å². The fourth-order valence-corrected chi connectivity index (χ4v) is 4.59. The van der Waals surface area contributed by atoms with Crippen LogP contribution in [0.5, 0.6) is 0 Å². The van der Waals surface area contributed by atoms with Gasteiger partial charge < -0.3 is 4.57 Å². The molecule has 5 rings (SSSR count). The molecule has 3 aromatic carbocycles. The number of para-hydroxylation sites is 2. The van der Waals surface area contributed by atoms with Crippen LogP contribution in [0.15, 0.2) is 84.6 Å². The number of amides is 4. The van der Waals surface area contributed by atoms with Crippen LogP contribution in [0.4, 0.5) is 10.5 Å². The Morgan fingerprint density at radius 2 is 1.69 bits per heavy atom. The van der Waals surface area contributed by atoms with Gasteiger partial charge in [0.15, 0.2) is 0 Å². The van der Waals surface area contributed by atoms with Crippen LogP contribution in [0.2, 0.25) is 0 Å². The number of nitrogens with one attached hydrogen (secondary N) is 1. The first-order chi connectivity index (χ1) is 17.0. The third-order valence-corrected chi connectivity index (χ3v) is 6.27. The molecule has 0 atom stereocenters. The SMILES string of the molecule is CCc1ccccc1N1C(=O)NC(=O)/C(=C\c2cn(Cc3cccc(C)c3)c3ccccc23)C1=O. The summed E-state index contributed by atoms with van der Waals surface area (Å²) < 4.78 is 2.11. The molecule has 6 nitrogen and oxygen atoms in total. The highest BCUT2D eigenvalue weighted by molar-refractivity contribution is 6.39. The van der Waals surface area contributed by atoms with Crippen molar-refractivity contribution in [3.05, 3.63) is 107 Å². The van der Waals surface area contributed by atoms with E-state index >= 15 is 0 Å². The predicted molar refractivity (Wildman–Crippen MR) is 137 cm³/mol. The second-order valence-corrected chi connectivity index (χ2v) is 8.66. The van der Waals surface area contributed by atoms with Gasteiger partial charge in [-0.2, -0.15) is 0 Å². The number of anilines is 1. The van der Waals surface area contributed by atoms with Gasteiger partial charge >= 0.3 is 6.03 Å². The van der Waals surface area contributed by atoms with E-state index in [1.54, 1.807) is 18.2 Å². The molecule has 2 heterocycles. The molecule has 1 N–H and O–H groups in total. The highest BCUT2D eigenvalue weighted by atomic mass is 16.2. The van der Waals surface area contributed by atoms with Gasteiger partial charge in [0.05, 0.1) is 5.69 Å². The number of hydrogen-bond donors (Lipinski definition) is 1. The second-order valence-electron chi connectivity index (χ2n) is 8.66. The zero-order valence-electron chi connectivity index (χ0n) is 19.6. The second kappa shape index (κ2) is 9.06. The van der Waals surface area contributed by atoms with Gasteiger partial charge in [-0.15, -0.1) is 0 Å². The summed E-state index contributed by atoms with van der Waals surface area (Å²) in [6.45, 7) is 4.67. The summed E-state index contributed by atoms with van der Waals surface area (Å²) in [7, 11) is 0. The smallest absolute Gasteiger partial charge is 0.335 e. The number of benzene rings is 3. The normalized spacial score (nSPS) is 15.2. The van der Waals surface area contributed by atoms with E-state index in [4.69, 9.17) is 0 Å². The average molecular weight is 464 g/mol. The van der Waals surface area contributed by atoms with E-state index in [1.807, 2.05) is 55.6 Å². The van der Waals surface area contributed by atoms with Gasteiger partial charge in [0.2, 0.25) is 0 Å². The maximum absolute atomic E-state index is 13.5. The van der Waals surface area contributed by atoms with Crippen molar-refractivity contribution in [3.8, 4) is 0 Å². The summed E-state index contributed by atoms with van der Waals surface area (Å²) in [5.74, 6) is -1.32. The van der Waals surface area contributed by atoms with Gasteiger partial charge in [-0.05, 0) is 42.7 Å². The van der Waals surface area contributed by atoms with Crippen LogP contribution < -0.4 is 10.2 Å². The minimum absolute atomic E-state index is 0.0750. The number of nitrogens with zero attached hydrogens (tertiary/aromatic N) is 2. The van der Waals surface area contributed by atoms with Gasteiger partial charge in [0.1, 0.15) is 5.57 Å². The van der Waals surface area contributed by atoms with Crippen molar-refractivity contribution in [2.45, 2.75) is 26.8 Å². The summed E-state index contributed by atoms with van der Waals surface area (Å²) >= 11 is 0. The Bertz CT molecular complexity index is 1510. The van der Waals surface area contributed by atoms with E-state index in [0.717, 1.165) is 32.5 Å². The number of urea groups is 1. The molecule has 4 amide bonds. The summed E-state index contributed by atoms with van der Waals surface area (Å²) in [5, 5.41) is 3.25. The molecule has 0 unspecified atom stereocenters. The lowest BCUT2D eigenvalue weighted by Crippen LogP contribution is -2.54. The molecular weight excluding hydrogens is 438 g/mol. The topological polar surface area (TPSA) is 71.4 Å². The van der Waals surface area contributed by atoms with Crippen LogP contribution in [-0.2, 0) is 22.6 Å². The van der Waals surface area contributed by atoms with E-state index in [9.17, 15) is 14.4 Å². The summed E-state index contributed by atoms with van der Waals surface area (Å²) in [5.41, 5.74) is 5.33. The monoisotopic (exact) mass is 463 g/mol. The summed E-state index contributed by atoms with van der Waals surface area (Å²) in [6.07, 6.45) is 4.18. The quantitative estimate of drug-likeness (QED) is 0.326. The zero-order chi connectivity index (χ0) is 24.5. The first-order valence-electron chi connectivity index (χ1n) is 11.6. The number of aryl methyl sites for hydroxylation is 2. The predicted octanol–water partition coefficient (Wildman–Crippen LogP) is 5.23. The fourth-order valence-electron chi connectivity index (χ4n) is 4.59. The Morgan fingerprint density at radius 1 is 0.914 bits per heavy atom. The molecule has 0 radical (unpaired) electrons. The van der Waals surface area contributed by atoms with Gasteiger partial charge in [-0.25, -0.2) is 9.69 Å². The molecule has 0 aliphatic carbocycles. The lowest BCUT2D eigenvalue weighted by molar-refractivity contribution is -0.122. The number of fused-ring (bicyclic) bond motifs is 1. The third-order valence-electron chi connectivity index (χ3n) is 6.27. The third kappa shape index (κ3) is 4.15. The zero-order valence-corrected chi connectivity index (χ0v) is 19.6. The van der Waals surface area contributed by atoms with E-state index in [1.165, 1.54) is 5.56 Å². The number of imide groups is 2. The Balaban J connectivity index is 1.58. The van der Waals surface area contributed by atoms with Gasteiger partial charge in [0.25, 0.3) is 11.8 Å². The molecular formula is C29H25N3O3. The molecule has 0 bridgehead atoms. The van der Waals surface area contributed by atoms with Crippen LogP contribution in [0.1, 0.15) is 29.2 Å². The van der Waals surface area contributed by atoms with Crippen molar-refractivity contribution >= 4 is 40.5 Å². The van der Waals surface area contributed by atoms with Crippen molar-refractivity contribution in [3.63, 3.8) is 0 Å². The molecule has 1 fully saturated rings. The summed E-state index contributed by atoms with van der Waals surface area (Å²) in [4.78, 5) is 40.0. The first kappa shape index (κ1) is 22.3. The molecule has 4 aromatic rings. The Kier molecular flexibility index (Phi) is 5.79. The lowest BCUT2D eigenvalue weighted by Gasteiger charge is -2.27. The molecule has 1 aromatic heterocycles. The molecule has 6 heteroatoms. The standard InChI is InChI=1S/C29H25N3O3/c1-3-21-11-4-6-13-25(21)32-28(34)24(27(33)30-29(32)35)16-22-18-31(26-14-7-5-12-23(22)26)17-20-10-8-9-19(2)15-20/h4-16,18H,3,17H2,1-2H3,(H,30,33,35)/b24-16+. The Labute approximate surface area is 203 Å². The van der Waals surface area contributed by atoms with Crippen molar-refractivity contribution in [2.75, 3.05) is 4.90 Å². The largest absolute Gasteiger partial charge is 0.342 e. The van der Waals surface area contributed by atoms with Crippen molar-refractivity contribution in [1.82, 2.24) is 9.88 Å². The minimum atomic E-state index is -0.736. The van der Waals surface area contributed by atoms with Gasteiger partial charge in [-0.1, -0.05) is 73.2 Å². The minimum Gasteiger partial charge on any atom is -0.342 e. The van der Waals surface area contributed by atoms with Crippen molar-refractivity contribution < 1.29 is 14.4 Å². The molecule has 0 spiro atoms. The first-order valence-corrected chi connectivity index (χ1v) is 11.6. The Morgan fingerprint density at radius 3 is 2.49 bits per heavy atom. The van der Waals surface area contributed by atoms with Crippen LogP contribution in [-0.4, -0.2) is 22.4 Å². The van der Waals surface area contributed by atoms with Crippen LogP contribution in [0, 0.1) is 6.92 Å². The number of carbonyl (C=O) groups is 3. The maximum atomic E-state index is 13.5. The molecule has 0 saturated carbocycles. The molecule has 1 aliphatic rings. The van der Waals surface area contributed by atoms with E-state index in [2.05, 4.69) is 35.0 Å².